The zero-order valence-corrected chi connectivity index (χ0v) is 10.5. The van der Waals surface area contributed by atoms with Crippen LogP contribution in [0.5, 0.6) is 0 Å². The van der Waals surface area contributed by atoms with Crippen molar-refractivity contribution in [1.29, 1.82) is 0 Å². The van der Waals surface area contributed by atoms with Gasteiger partial charge in [-0.3, -0.25) is 4.79 Å². The number of hydrogen-bond donors (Lipinski definition) is 1. The van der Waals surface area contributed by atoms with E-state index in [1.165, 1.54) is 11.8 Å². The Bertz CT molecular complexity index is 357. The number of carboxylic acids is 1. The average molecular weight is 244 g/mol. The van der Waals surface area contributed by atoms with Gasteiger partial charge in [-0.2, -0.15) is 4.98 Å². The Hall–Kier alpha value is -1.04. The normalized spacial score (nSPS) is 11.7. The van der Waals surface area contributed by atoms with E-state index in [9.17, 15) is 4.79 Å². The first kappa shape index (κ1) is 13.0. The maximum absolute atomic E-state index is 10.3. The van der Waals surface area contributed by atoms with Gasteiger partial charge in [-0.15, -0.1) is 11.8 Å². The molecule has 16 heavy (non-hydrogen) atoms. The van der Waals surface area contributed by atoms with Crippen molar-refractivity contribution in [1.82, 2.24) is 10.1 Å². The van der Waals surface area contributed by atoms with Crippen LogP contribution in [0.2, 0.25) is 0 Å². The second-order valence-corrected chi connectivity index (χ2v) is 5.71. The molecule has 90 valence electrons. The predicted octanol–water partition coefficient (Wildman–Crippen LogP) is 1.98. The molecule has 1 heterocycles. The van der Waals surface area contributed by atoms with Crippen molar-refractivity contribution in [2.75, 3.05) is 5.75 Å². The van der Waals surface area contributed by atoms with E-state index in [0.717, 1.165) is 6.42 Å². The van der Waals surface area contributed by atoms with Crippen LogP contribution in [0.4, 0.5) is 0 Å². The Morgan fingerprint density at radius 3 is 2.75 bits per heavy atom. The zero-order chi connectivity index (χ0) is 12.2. The minimum Gasteiger partial charge on any atom is -0.481 e. The van der Waals surface area contributed by atoms with E-state index < -0.39 is 5.97 Å². The second-order valence-electron chi connectivity index (χ2n) is 4.73. The fourth-order valence-electron chi connectivity index (χ4n) is 1.12. The number of aromatic nitrogens is 2. The van der Waals surface area contributed by atoms with Crippen LogP contribution in [0.25, 0.3) is 0 Å². The maximum atomic E-state index is 10.3. The molecule has 1 aromatic rings. The summed E-state index contributed by atoms with van der Waals surface area (Å²) in [5, 5.41) is 12.3. The summed E-state index contributed by atoms with van der Waals surface area (Å²) in [5.74, 6) is 0.837. The molecule has 0 aliphatic carbocycles. The summed E-state index contributed by atoms with van der Waals surface area (Å²) in [5.41, 5.74) is 0.120. The van der Waals surface area contributed by atoms with Crippen molar-refractivity contribution < 1.29 is 14.4 Å². The van der Waals surface area contributed by atoms with Crippen LogP contribution in [0.3, 0.4) is 0 Å². The SMILES string of the molecule is CC(C)(C)Cc1noc(CSCC(=O)O)n1. The summed E-state index contributed by atoms with van der Waals surface area (Å²) in [6, 6.07) is 0. The highest BCUT2D eigenvalue weighted by atomic mass is 32.2. The van der Waals surface area contributed by atoms with Crippen LogP contribution < -0.4 is 0 Å². The van der Waals surface area contributed by atoms with Gasteiger partial charge in [-0.25, -0.2) is 0 Å². The van der Waals surface area contributed by atoms with Crippen LogP contribution in [0, 0.1) is 5.41 Å². The lowest BCUT2D eigenvalue weighted by atomic mass is 9.92. The standard InChI is InChI=1S/C10H16N2O3S/c1-10(2,3)4-7-11-8(15-12-7)5-16-6-9(13)14/h4-6H2,1-3H3,(H,13,14). The lowest BCUT2D eigenvalue weighted by molar-refractivity contribution is -0.133. The van der Waals surface area contributed by atoms with E-state index in [-0.39, 0.29) is 11.2 Å². The fourth-order valence-corrected chi connectivity index (χ4v) is 1.69. The van der Waals surface area contributed by atoms with Gasteiger partial charge in [0.2, 0.25) is 5.89 Å². The Labute approximate surface area is 98.6 Å². The third kappa shape index (κ3) is 5.16. The number of thioether (sulfide) groups is 1. The van der Waals surface area contributed by atoms with E-state index in [2.05, 4.69) is 30.9 Å². The minimum atomic E-state index is -0.834. The highest BCUT2D eigenvalue weighted by Crippen LogP contribution is 2.19. The maximum Gasteiger partial charge on any atom is 0.313 e. The lowest BCUT2D eigenvalue weighted by Crippen LogP contribution is -2.10. The van der Waals surface area contributed by atoms with Crippen molar-refractivity contribution in [2.24, 2.45) is 5.41 Å². The van der Waals surface area contributed by atoms with Gasteiger partial charge in [0, 0.05) is 6.42 Å². The Morgan fingerprint density at radius 1 is 1.50 bits per heavy atom. The molecule has 0 saturated heterocycles. The monoisotopic (exact) mass is 244 g/mol. The van der Waals surface area contributed by atoms with Crippen LogP contribution in [0.1, 0.15) is 32.5 Å². The van der Waals surface area contributed by atoms with Crippen LogP contribution in [-0.4, -0.2) is 27.0 Å². The van der Waals surface area contributed by atoms with Gasteiger partial charge in [0.25, 0.3) is 0 Å². The molecule has 0 unspecified atom stereocenters. The smallest absolute Gasteiger partial charge is 0.313 e. The van der Waals surface area contributed by atoms with Crippen LogP contribution in [0.15, 0.2) is 4.52 Å². The molecule has 0 bridgehead atoms. The van der Waals surface area contributed by atoms with E-state index in [4.69, 9.17) is 9.63 Å². The molecular weight excluding hydrogens is 228 g/mol. The van der Waals surface area contributed by atoms with E-state index in [1.54, 1.807) is 0 Å². The number of carboxylic acid groups (broad SMARTS) is 1. The Kier molecular flexibility index (Phi) is 4.35. The molecule has 0 spiro atoms. The fraction of sp³-hybridized carbons (Fsp3) is 0.700. The van der Waals surface area contributed by atoms with E-state index in [0.29, 0.717) is 17.5 Å². The highest BCUT2D eigenvalue weighted by molar-refractivity contribution is 7.99. The summed E-state index contributed by atoms with van der Waals surface area (Å²) in [6.45, 7) is 6.30. The van der Waals surface area contributed by atoms with E-state index in [1.807, 2.05) is 0 Å². The number of aliphatic carboxylic acids is 1. The van der Waals surface area contributed by atoms with Gasteiger partial charge in [0.1, 0.15) is 0 Å². The molecule has 0 aliphatic heterocycles. The van der Waals surface area contributed by atoms with Gasteiger partial charge in [0.15, 0.2) is 5.82 Å². The topological polar surface area (TPSA) is 76.2 Å². The van der Waals surface area contributed by atoms with Crippen molar-refractivity contribution in [3.63, 3.8) is 0 Å². The Morgan fingerprint density at radius 2 is 2.19 bits per heavy atom. The average Bonchev–Trinajstić information content (AvgIpc) is 2.48. The first-order chi connectivity index (χ1) is 7.37. The van der Waals surface area contributed by atoms with Crippen LogP contribution >= 0.6 is 11.8 Å². The highest BCUT2D eigenvalue weighted by Gasteiger charge is 2.16. The second kappa shape index (κ2) is 5.34. The van der Waals surface area contributed by atoms with Gasteiger partial charge in [-0.05, 0) is 5.41 Å². The van der Waals surface area contributed by atoms with Crippen molar-refractivity contribution in [3.05, 3.63) is 11.7 Å². The molecule has 6 heteroatoms. The quantitative estimate of drug-likeness (QED) is 0.853. The Balaban J connectivity index is 2.42. The first-order valence-corrected chi connectivity index (χ1v) is 6.13. The molecule has 1 rings (SSSR count). The number of rotatable bonds is 5. The molecule has 0 aliphatic rings. The summed E-state index contributed by atoms with van der Waals surface area (Å²) >= 11 is 1.25. The summed E-state index contributed by atoms with van der Waals surface area (Å²) in [7, 11) is 0. The van der Waals surface area contributed by atoms with Gasteiger partial charge < -0.3 is 9.63 Å². The zero-order valence-electron chi connectivity index (χ0n) is 9.69. The number of hydrogen-bond acceptors (Lipinski definition) is 5. The summed E-state index contributed by atoms with van der Waals surface area (Å²) in [6.07, 6.45) is 0.750. The van der Waals surface area contributed by atoms with Crippen LogP contribution in [-0.2, 0) is 17.0 Å². The van der Waals surface area contributed by atoms with E-state index >= 15 is 0 Å². The third-order valence-electron chi connectivity index (χ3n) is 1.65. The number of nitrogens with zero attached hydrogens (tertiary/aromatic N) is 2. The van der Waals surface area contributed by atoms with Gasteiger partial charge in [-0.1, -0.05) is 25.9 Å². The van der Waals surface area contributed by atoms with Crippen molar-refractivity contribution >= 4 is 17.7 Å². The minimum absolute atomic E-state index is 0.0526. The summed E-state index contributed by atoms with van der Waals surface area (Å²) < 4.78 is 5.02. The summed E-state index contributed by atoms with van der Waals surface area (Å²) in [4.78, 5) is 14.5. The molecule has 0 saturated carbocycles. The molecule has 0 amide bonds. The molecule has 5 nitrogen and oxygen atoms in total. The molecular formula is C10H16N2O3S. The molecule has 1 aromatic heterocycles. The molecule has 0 radical (unpaired) electrons. The molecule has 1 N–H and O–H groups in total. The molecule has 0 aromatic carbocycles. The predicted molar refractivity (Wildman–Crippen MR) is 61.3 cm³/mol. The largest absolute Gasteiger partial charge is 0.481 e. The molecule has 0 fully saturated rings. The van der Waals surface area contributed by atoms with Crippen molar-refractivity contribution in [3.8, 4) is 0 Å². The van der Waals surface area contributed by atoms with Gasteiger partial charge in [0.05, 0.1) is 11.5 Å². The first-order valence-electron chi connectivity index (χ1n) is 4.98. The lowest BCUT2D eigenvalue weighted by Gasteiger charge is -2.14. The van der Waals surface area contributed by atoms with Crippen molar-refractivity contribution in [2.45, 2.75) is 32.9 Å². The third-order valence-corrected chi connectivity index (χ3v) is 2.55. The molecule has 0 atom stereocenters. The van der Waals surface area contributed by atoms with Gasteiger partial charge >= 0.3 is 5.97 Å². The number of carbonyl (C=O) groups is 1.